The fourth-order valence-electron chi connectivity index (χ4n) is 0.972. The van der Waals surface area contributed by atoms with Crippen LogP contribution in [-0.2, 0) is 4.79 Å². The number of aldehydes is 1. The van der Waals surface area contributed by atoms with Crippen molar-refractivity contribution in [3.05, 3.63) is 32.8 Å². The lowest BCUT2D eigenvalue weighted by atomic mass is 10.3. The highest BCUT2D eigenvalue weighted by molar-refractivity contribution is 9.10. The van der Waals surface area contributed by atoms with E-state index in [-0.39, 0.29) is 24.5 Å². The Labute approximate surface area is 94.3 Å². The summed E-state index contributed by atoms with van der Waals surface area (Å²) in [6.07, 6.45) is 0.915. The number of nitro groups is 1. The standard InChI is InChI=1S/C9H8BrNO4/c10-7-2-3-9(15-5-1-4-12)8(6-7)11(13)14/h2-4,6H,1,5H2. The third-order valence-corrected chi connectivity index (χ3v) is 2.10. The average molecular weight is 274 g/mol. The molecule has 1 aromatic carbocycles. The molecule has 0 atom stereocenters. The van der Waals surface area contributed by atoms with E-state index in [0.29, 0.717) is 10.8 Å². The van der Waals surface area contributed by atoms with Crippen molar-refractivity contribution in [3.8, 4) is 5.75 Å². The second kappa shape index (κ2) is 5.45. The average Bonchev–Trinajstić information content (AvgIpc) is 2.20. The van der Waals surface area contributed by atoms with Gasteiger partial charge in [0.25, 0.3) is 0 Å². The van der Waals surface area contributed by atoms with Crippen LogP contribution in [0.3, 0.4) is 0 Å². The summed E-state index contributed by atoms with van der Waals surface area (Å²) in [6, 6.07) is 4.49. The lowest BCUT2D eigenvalue weighted by Gasteiger charge is -2.04. The van der Waals surface area contributed by atoms with Gasteiger partial charge in [-0.25, -0.2) is 0 Å². The summed E-state index contributed by atoms with van der Waals surface area (Å²) in [4.78, 5) is 20.2. The monoisotopic (exact) mass is 273 g/mol. The maximum Gasteiger partial charge on any atom is 0.312 e. The van der Waals surface area contributed by atoms with Crippen LogP contribution >= 0.6 is 15.9 Å². The Morgan fingerprint density at radius 2 is 2.27 bits per heavy atom. The van der Waals surface area contributed by atoms with E-state index in [0.717, 1.165) is 0 Å². The van der Waals surface area contributed by atoms with Crippen molar-refractivity contribution in [2.24, 2.45) is 0 Å². The Bertz CT molecular complexity index is 380. The summed E-state index contributed by atoms with van der Waals surface area (Å²) in [5, 5.41) is 10.6. The van der Waals surface area contributed by atoms with Gasteiger partial charge in [-0.05, 0) is 12.1 Å². The van der Waals surface area contributed by atoms with Crippen molar-refractivity contribution in [3.63, 3.8) is 0 Å². The molecule has 0 fully saturated rings. The zero-order chi connectivity index (χ0) is 11.3. The molecule has 15 heavy (non-hydrogen) atoms. The maximum atomic E-state index is 10.6. The second-order valence-corrected chi connectivity index (χ2v) is 3.59. The number of hydrogen-bond donors (Lipinski definition) is 0. The highest BCUT2D eigenvalue weighted by Crippen LogP contribution is 2.29. The predicted octanol–water partition coefficient (Wildman–Crippen LogP) is 2.33. The zero-order valence-electron chi connectivity index (χ0n) is 7.68. The van der Waals surface area contributed by atoms with Crippen LogP contribution in [0.2, 0.25) is 0 Å². The Morgan fingerprint density at radius 3 is 2.87 bits per heavy atom. The SMILES string of the molecule is O=CCCOc1ccc(Br)cc1[N+](=O)[O-]. The molecular weight excluding hydrogens is 266 g/mol. The molecule has 6 heteroatoms. The first-order valence-electron chi connectivity index (χ1n) is 4.15. The van der Waals surface area contributed by atoms with E-state index in [2.05, 4.69) is 15.9 Å². The molecule has 0 spiro atoms. The topological polar surface area (TPSA) is 69.4 Å². The first kappa shape index (κ1) is 11.6. The summed E-state index contributed by atoms with van der Waals surface area (Å²) in [5.41, 5.74) is -0.115. The van der Waals surface area contributed by atoms with Gasteiger partial charge in [0.15, 0.2) is 5.75 Å². The van der Waals surface area contributed by atoms with Crippen LogP contribution in [0.4, 0.5) is 5.69 Å². The number of hydrogen-bond acceptors (Lipinski definition) is 4. The van der Waals surface area contributed by atoms with Gasteiger partial charge in [-0.2, -0.15) is 0 Å². The zero-order valence-corrected chi connectivity index (χ0v) is 9.27. The largest absolute Gasteiger partial charge is 0.486 e. The van der Waals surface area contributed by atoms with Gasteiger partial charge >= 0.3 is 5.69 Å². The second-order valence-electron chi connectivity index (χ2n) is 2.67. The third kappa shape index (κ3) is 3.32. The Kier molecular flexibility index (Phi) is 4.23. The number of halogens is 1. The molecular formula is C9H8BrNO4. The lowest BCUT2D eigenvalue weighted by molar-refractivity contribution is -0.385. The first-order chi connectivity index (χ1) is 7.15. The van der Waals surface area contributed by atoms with Gasteiger partial charge in [-0.15, -0.1) is 0 Å². The molecule has 0 aliphatic carbocycles. The molecule has 0 bridgehead atoms. The van der Waals surface area contributed by atoms with Gasteiger partial charge in [0, 0.05) is 17.0 Å². The lowest BCUT2D eigenvalue weighted by Crippen LogP contribution is -2.00. The molecule has 0 saturated carbocycles. The van der Waals surface area contributed by atoms with E-state index in [1.165, 1.54) is 12.1 Å². The van der Waals surface area contributed by atoms with Gasteiger partial charge in [0.1, 0.15) is 6.29 Å². The first-order valence-corrected chi connectivity index (χ1v) is 4.95. The van der Waals surface area contributed by atoms with Crippen LogP contribution in [0.15, 0.2) is 22.7 Å². The molecule has 0 amide bonds. The summed E-state index contributed by atoms with van der Waals surface area (Å²) in [6.45, 7) is 0.145. The third-order valence-electron chi connectivity index (χ3n) is 1.61. The van der Waals surface area contributed by atoms with Crippen LogP contribution in [0.5, 0.6) is 5.75 Å². The summed E-state index contributed by atoms with van der Waals surface area (Å²) >= 11 is 3.13. The van der Waals surface area contributed by atoms with Crippen LogP contribution < -0.4 is 4.74 Å². The van der Waals surface area contributed by atoms with E-state index >= 15 is 0 Å². The normalized spacial score (nSPS) is 9.67. The summed E-state index contributed by atoms with van der Waals surface area (Å²) in [5.74, 6) is 0.171. The van der Waals surface area contributed by atoms with Crippen molar-refractivity contribution in [1.29, 1.82) is 0 Å². The van der Waals surface area contributed by atoms with Gasteiger partial charge in [0.05, 0.1) is 11.5 Å². The summed E-state index contributed by atoms with van der Waals surface area (Å²) in [7, 11) is 0. The van der Waals surface area contributed by atoms with Gasteiger partial charge in [-0.3, -0.25) is 10.1 Å². The molecule has 5 nitrogen and oxygen atoms in total. The van der Waals surface area contributed by atoms with E-state index in [1.807, 2.05) is 0 Å². The molecule has 0 aliphatic heterocycles. The molecule has 0 heterocycles. The van der Waals surface area contributed by atoms with Gasteiger partial charge in [0.2, 0.25) is 0 Å². The number of ether oxygens (including phenoxy) is 1. The molecule has 0 saturated heterocycles. The molecule has 0 N–H and O–H groups in total. The molecule has 1 aromatic rings. The highest BCUT2D eigenvalue weighted by atomic mass is 79.9. The van der Waals surface area contributed by atoms with Crippen LogP contribution in [0.1, 0.15) is 6.42 Å². The quantitative estimate of drug-likeness (QED) is 0.357. The van der Waals surface area contributed by atoms with Crippen LogP contribution in [0, 0.1) is 10.1 Å². The van der Waals surface area contributed by atoms with Crippen LogP contribution in [0.25, 0.3) is 0 Å². The smallest absolute Gasteiger partial charge is 0.312 e. The number of carbonyl (C=O) groups is 1. The summed E-state index contributed by atoms with van der Waals surface area (Å²) < 4.78 is 5.71. The maximum absolute atomic E-state index is 10.6. The molecule has 0 radical (unpaired) electrons. The minimum Gasteiger partial charge on any atom is -0.486 e. The molecule has 0 unspecified atom stereocenters. The molecule has 0 aromatic heterocycles. The number of nitro benzene ring substituents is 1. The molecule has 0 aliphatic rings. The van der Waals surface area contributed by atoms with Crippen molar-refractivity contribution < 1.29 is 14.5 Å². The Hall–Kier alpha value is -1.43. The van der Waals surface area contributed by atoms with E-state index in [1.54, 1.807) is 6.07 Å². The van der Waals surface area contributed by atoms with Crippen molar-refractivity contribution in [2.45, 2.75) is 6.42 Å². The molecule has 80 valence electrons. The minimum atomic E-state index is -0.527. The van der Waals surface area contributed by atoms with E-state index < -0.39 is 4.92 Å². The highest BCUT2D eigenvalue weighted by Gasteiger charge is 2.14. The minimum absolute atomic E-state index is 0.115. The van der Waals surface area contributed by atoms with Crippen molar-refractivity contribution in [2.75, 3.05) is 6.61 Å². The number of rotatable bonds is 5. The number of benzene rings is 1. The Balaban J connectivity index is 2.85. The fraction of sp³-hybridized carbons (Fsp3) is 0.222. The van der Waals surface area contributed by atoms with Gasteiger partial charge in [-0.1, -0.05) is 15.9 Å². The number of nitrogens with zero attached hydrogens (tertiary/aromatic N) is 1. The fourth-order valence-corrected chi connectivity index (χ4v) is 1.32. The van der Waals surface area contributed by atoms with E-state index in [4.69, 9.17) is 4.74 Å². The van der Waals surface area contributed by atoms with Crippen molar-refractivity contribution in [1.82, 2.24) is 0 Å². The molecule has 1 rings (SSSR count). The van der Waals surface area contributed by atoms with Gasteiger partial charge < -0.3 is 9.53 Å². The predicted molar refractivity (Wildman–Crippen MR) is 57.0 cm³/mol. The van der Waals surface area contributed by atoms with E-state index in [9.17, 15) is 14.9 Å². The Morgan fingerprint density at radius 1 is 1.53 bits per heavy atom. The van der Waals surface area contributed by atoms with Crippen LogP contribution in [-0.4, -0.2) is 17.8 Å². The number of carbonyl (C=O) groups excluding carboxylic acids is 1. The van der Waals surface area contributed by atoms with Crippen molar-refractivity contribution >= 4 is 27.9 Å².